The quantitative estimate of drug-likeness (QED) is 0.712. The highest BCUT2D eigenvalue weighted by atomic mass is 16.4. The van der Waals surface area contributed by atoms with Crippen LogP contribution in [0.15, 0.2) is 28.7 Å². The maximum atomic E-state index is 13.0. The first-order chi connectivity index (χ1) is 12.0. The van der Waals surface area contributed by atoms with Gasteiger partial charge in [-0.25, -0.2) is 0 Å². The van der Waals surface area contributed by atoms with Crippen molar-refractivity contribution in [2.75, 3.05) is 6.54 Å². The molecule has 0 saturated heterocycles. The number of pyridine rings is 1. The van der Waals surface area contributed by atoms with E-state index in [1.807, 2.05) is 52.0 Å². The summed E-state index contributed by atoms with van der Waals surface area (Å²) in [4.78, 5) is 19.3. The molecule has 0 aliphatic heterocycles. The van der Waals surface area contributed by atoms with Gasteiger partial charge in [-0.05, 0) is 39.0 Å². The fourth-order valence-electron chi connectivity index (χ4n) is 2.76. The molecule has 0 bridgehead atoms. The lowest BCUT2D eigenvalue weighted by Crippen LogP contribution is -2.31. The number of aromatic nitrogens is 3. The number of aryl methyl sites for hydroxylation is 3. The second kappa shape index (κ2) is 7.01. The van der Waals surface area contributed by atoms with E-state index in [1.54, 1.807) is 4.90 Å². The molecule has 2 aromatic heterocycles. The molecule has 3 rings (SSSR count). The second-order valence-corrected chi connectivity index (χ2v) is 6.08. The van der Waals surface area contributed by atoms with Gasteiger partial charge in [0.2, 0.25) is 11.8 Å². The van der Waals surface area contributed by atoms with Crippen molar-refractivity contribution in [1.29, 1.82) is 0 Å². The molecule has 0 atom stereocenters. The number of amides is 1. The van der Waals surface area contributed by atoms with Crippen LogP contribution in [0, 0.1) is 13.8 Å². The molecule has 6 nitrogen and oxygen atoms in total. The first kappa shape index (κ1) is 17.1. The Morgan fingerprint density at radius 2 is 1.88 bits per heavy atom. The Hall–Kier alpha value is -2.76. The van der Waals surface area contributed by atoms with E-state index in [4.69, 9.17) is 4.42 Å². The van der Waals surface area contributed by atoms with Crippen LogP contribution in [0.4, 0.5) is 0 Å². The molecule has 130 valence electrons. The molecule has 3 aromatic rings. The van der Waals surface area contributed by atoms with Gasteiger partial charge in [0.25, 0.3) is 5.91 Å². The van der Waals surface area contributed by atoms with Crippen LogP contribution in [0.25, 0.3) is 10.9 Å². The van der Waals surface area contributed by atoms with Crippen LogP contribution in [-0.4, -0.2) is 32.5 Å². The minimum absolute atomic E-state index is 0.0767. The Bertz CT molecular complexity index is 917. The van der Waals surface area contributed by atoms with Gasteiger partial charge >= 0.3 is 0 Å². The van der Waals surface area contributed by atoms with Crippen molar-refractivity contribution >= 4 is 16.8 Å². The van der Waals surface area contributed by atoms with E-state index in [1.165, 1.54) is 0 Å². The molecule has 0 radical (unpaired) electrons. The van der Waals surface area contributed by atoms with E-state index in [9.17, 15) is 4.79 Å². The average Bonchev–Trinajstić information content (AvgIpc) is 3.06. The fourth-order valence-corrected chi connectivity index (χ4v) is 2.76. The number of benzene rings is 1. The highest BCUT2D eigenvalue weighted by molar-refractivity contribution is 5.98. The smallest absolute Gasteiger partial charge is 0.256 e. The SMILES string of the molecule is CCc1nnc(CN(CC)C(=O)c2cc3cc(C)ccc3nc2C)o1. The molecule has 25 heavy (non-hydrogen) atoms. The summed E-state index contributed by atoms with van der Waals surface area (Å²) >= 11 is 0. The van der Waals surface area contributed by atoms with E-state index >= 15 is 0 Å². The van der Waals surface area contributed by atoms with Crippen molar-refractivity contribution in [2.24, 2.45) is 0 Å². The van der Waals surface area contributed by atoms with Gasteiger partial charge in [0.05, 0.1) is 23.3 Å². The zero-order chi connectivity index (χ0) is 18.0. The molecule has 1 aromatic carbocycles. The molecule has 2 heterocycles. The summed E-state index contributed by atoms with van der Waals surface area (Å²) in [5.74, 6) is 0.957. The van der Waals surface area contributed by atoms with Gasteiger partial charge in [0.15, 0.2) is 0 Å². The minimum atomic E-state index is -0.0767. The maximum Gasteiger partial charge on any atom is 0.256 e. The molecule has 0 aliphatic rings. The van der Waals surface area contributed by atoms with Gasteiger partial charge in [0.1, 0.15) is 0 Å². The lowest BCUT2D eigenvalue weighted by Gasteiger charge is -2.20. The topological polar surface area (TPSA) is 72.1 Å². The highest BCUT2D eigenvalue weighted by Gasteiger charge is 2.20. The van der Waals surface area contributed by atoms with Crippen LogP contribution in [0.3, 0.4) is 0 Å². The molecule has 0 saturated carbocycles. The zero-order valence-electron chi connectivity index (χ0n) is 15.0. The Morgan fingerprint density at radius 1 is 1.12 bits per heavy atom. The van der Waals surface area contributed by atoms with E-state index in [2.05, 4.69) is 15.2 Å². The third-order valence-electron chi connectivity index (χ3n) is 4.20. The van der Waals surface area contributed by atoms with E-state index in [0.717, 1.165) is 22.2 Å². The summed E-state index contributed by atoms with van der Waals surface area (Å²) < 4.78 is 5.54. The summed E-state index contributed by atoms with van der Waals surface area (Å²) in [5, 5.41) is 8.93. The first-order valence-corrected chi connectivity index (χ1v) is 8.50. The summed E-state index contributed by atoms with van der Waals surface area (Å²) in [5.41, 5.74) is 3.36. The van der Waals surface area contributed by atoms with Crippen LogP contribution in [0.1, 0.15) is 47.2 Å². The van der Waals surface area contributed by atoms with Gasteiger partial charge in [-0.1, -0.05) is 18.6 Å². The molecular formula is C19H22N4O2. The van der Waals surface area contributed by atoms with Crippen LogP contribution in [-0.2, 0) is 13.0 Å². The van der Waals surface area contributed by atoms with E-state index in [0.29, 0.717) is 36.9 Å². The Balaban J connectivity index is 1.91. The van der Waals surface area contributed by atoms with Crippen LogP contribution in [0.5, 0.6) is 0 Å². The standard InChI is InChI=1S/C19H22N4O2/c1-5-17-21-22-18(25-17)11-23(6-2)19(24)15-10-14-9-12(3)7-8-16(14)20-13(15)4/h7-10H,5-6,11H2,1-4H3. The van der Waals surface area contributed by atoms with Crippen molar-refractivity contribution in [2.45, 2.75) is 40.7 Å². The van der Waals surface area contributed by atoms with Gasteiger partial charge < -0.3 is 9.32 Å². The van der Waals surface area contributed by atoms with Crippen LogP contribution < -0.4 is 0 Å². The lowest BCUT2D eigenvalue weighted by molar-refractivity contribution is 0.0736. The zero-order valence-corrected chi connectivity index (χ0v) is 15.0. The van der Waals surface area contributed by atoms with Gasteiger partial charge in [-0.3, -0.25) is 9.78 Å². The molecule has 0 spiro atoms. The van der Waals surface area contributed by atoms with Crippen molar-refractivity contribution in [3.63, 3.8) is 0 Å². The molecule has 0 unspecified atom stereocenters. The largest absolute Gasteiger partial charge is 0.423 e. The number of hydrogen-bond donors (Lipinski definition) is 0. The number of nitrogens with zero attached hydrogens (tertiary/aromatic N) is 4. The van der Waals surface area contributed by atoms with Crippen LogP contribution in [0.2, 0.25) is 0 Å². The summed E-state index contributed by atoms with van der Waals surface area (Å²) in [6.07, 6.45) is 0.681. The number of fused-ring (bicyclic) bond motifs is 1. The van der Waals surface area contributed by atoms with E-state index < -0.39 is 0 Å². The third-order valence-corrected chi connectivity index (χ3v) is 4.20. The summed E-state index contributed by atoms with van der Waals surface area (Å²) in [6, 6.07) is 7.96. The molecule has 0 aliphatic carbocycles. The van der Waals surface area contributed by atoms with Gasteiger partial charge in [0, 0.05) is 18.4 Å². The van der Waals surface area contributed by atoms with E-state index in [-0.39, 0.29) is 5.91 Å². The van der Waals surface area contributed by atoms with Crippen LogP contribution >= 0.6 is 0 Å². The van der Waals surface area contributed by atoms with Crippen molar-refractivity contribution in [1.82, 2.24) is 20.1 Å². The molecule has 0 N–H and O–H groups in total. The van der Waals surface area contributed by atoms with Crippen molar-refractivity contribution in [3.8, 4) is 0 Å². The predicted octanol–water partition coefficient (Wildman–Crippen LogP) is 3.46. The normalized spacial score (nSPS) is 11.0. The third kappa shape index (κ3) is 3.52. The minimum Gasteiger partial charge on any atom is -0.423 e. The van der Waals surface area contributed by atoms with Gasteiger partial charge in [-0.15, -0.1) is 10.2 Å². The maximum absolute atomic E-state index is 13.0. The lowest BCUT2D eigenvalue weighted by atomic mass is 10.1. The first-order valence-electron chi connectivity index (χ1n) is 8.50. The average molecular weight is 338 g/mol. The molecular weight excluding hydrogens is 316 g/mol. The van der Waals surface area contributed by atoms with Gasteiger partial charge in [-0.2, -0.15) is 0 Å². The number of carbonyl (C=O) groups is 1. The molecule has 0 fully saturated rings. The summed E-state index contributed by atoms with van der Waals surface area (Å²) in [7, 11) is 0. The Morgan fingerprint density at radius 3 is 2.56 bits per heavy atom. The molecule has 6 heteroatoms. The second-order valence-electron chi connectivity index (χ2n) is 6.08. The Labute approximate surface area is 146 Å². The molecule has 1 amide bonds. The number of hydrogen-bond acceptors (Lipinski definition) is 5. The van der Waals surface area contributed by atoms with Crippen molar-refractivity contribution in [3.05, 3.63) is 52.9 Å². The van der Waals surface area contributed by atoms with Crippen molar-refractivity contribution < 1.29 is 9.21 Å². The number of carbonyl (C=O) groups excluding carboxylic acids is 1. The highest BCUT2D eigenvalue weighted by Crippen LogP contribution is 2.20. The monoisotopic (exact) mass is 338 g/mol. The summed E-state index contributed by atoms with van der Waals surface area (Å²) in [6.45, 7) is 8.62. The predicted molar refractivity (Wildman–Crippen MR) is 95.3 cm³/mol. The fraction of sp³-hybridized carbons (Fsp3) is 0.368. The Kier molecular flexibility index (Phi) is 4.79. The number of rotatable bonds is 5.